The van der Waals surface area contributed by atoms with Gasteiger partial charge < -0.3 is 10.5 Å². The van der Waals surface area contributed by atoms with E-state index in [-0.39, 0.29) is 5.56 Å². The average Bonchev–Trinajstić information content (AvgIpc) is 3.14. The minimum absolute atomic E-state index is 0.169. The number of rotatable bonds is 7. The van der Waals surface area contributed by atoms with Crippen LogP contribution >= 0.6 is 15.9 Å². The highest BCUT2D eigenvalue weighted by Gasteiger charge is 2.10. The summed E-state index contributed by atoms with van der Waals surface area (Å²) in [5, 5.41) is 0. The molecule has 0 unspecified atom stereocenters. The fourth-order valence-electron chi connectivity index (χ4n) is 3.07. The molecule has 3 N–H and O–H groups in total. The van der Waals surface area contributed by atoms with E-state index in [1.54, 1.807) is 0 Å². The van der Waals surface area contributed by atoms with Crippen LogP contribution in [0.15, 0.2) is 70.2 Å². The second-order valence-electron chi connectivity index (χ2n) is 6.75. The quantitative estimate of drug-likeness (QED) is 0.415. The maximum atomic E-state index is 12.6. The number of hydrogen-bond donors (Lipinski definition) is 2. The third kappa shape index (κ3) is 4.48. The number of hydrogen-bond acceptors (Lipinski definition) is 4. The van der Waals surface area contributed by atoms with Crippen LogP contribution in [0.5, 0.6) is 0 Å². The van der Waals surface area contributed by atoms with E-state index in [1.165, 1.54) is 0 Å². The third-order valence-electron chi connectivity index (χ3n) is 4.64. The highest BCUT2D eigenvalue weighted by atomic mass is 79.9. The SMILES string of the molecule is NCCCOCc1ccc(-c2cn3cc(-c4ccc(Br)cc4)nc3[nH]c2=O)cc1. The molecule has 4 aromatic rings. The van der Waals surface area contributed by atoms with Gasteiger partial charge in [0, 0.05) is 29.0 Å². The third-order valence-corrected chi connectivity index (χ3v) is 5.17. The first-order valence-electron chi connectivity index (χ1n) is 9.39. The molecule has 0 spiro atoms. The number of H-pyrrole nitrogens is 1. The number of aromatic amines is 1. The predicted molar refractivity (Wildman–Crippen MR) is 118 cm³/mol. The van der Waals surface area contributed by atoms with Crippen molar-refractivity contribution in [1.82, 2.24) is 14.4 Å². The maximum absolute atomic E-state index is 12.6. The lowest BCUT2D eigenvalue weighted by Gasteiger charge is -2.06. The van der Waals surface area contributed by atoms with Crippen molar-refractivity contribution in [3.8, 4) is 22.4 Å². The normalized spacial score (nSPS) is 11.2. The van der Waals surface area contributed by atoms with E-state index in [0.29, 0.717) is 31.1 Å². The molecule has 2 aromatic heterocycles. The molecule has 148 valence electrons. The largest absolute Gasteiger partial charge is 0.377 e. The van der Waals surface area contributed by atoms with Crippen LogP contribution < -0.4 is 11.3 Å². The van der Waals surface area contributed by atoms with Gasteiger partial charge in [-0.2, -0.15) is 0 Å². The van der Waals surface area contributed by atoms with E-state index in [2.05, 4.69) is 25.9 Å². The van der Waals surface area contributed by atoms with Crippen LogP contribution in [-0.4, -0.2) is 27.5 Å². The van der Waals surface area contributed by atoms with Crippen molar-refractivity contribution < 1.29 is 4.74 Å². The minimum Gasteiger partial charge on any atom is -0.377 e. The Morgan fingerprint density at radius 2 is 1.76 bits per heavy atom. The van der Waals surface area contributed by atoms with Gasteiger partial charge in [0.25, 0.3) is 5.56 Å². The number of aromatic nitrogens is 3. The van der Waals surface area contributed by atoms with E-state index in [1.807, 2.05) is 65.3 Å². The van der Waals surface area contributed by atoms with E-state index >= 15 is 0 Å². The van der Waals surface area contributed by atoms with Crippen LogP contribution in [0.2, 0.25) is 0 Å². The number of fused-ring (bicyclic) bond motifs is 1. The summed E-state index contributed by atoms with van der Waals surface area (Å²) < 4.78 is 8.43. The molecule has 0 saturated carbocycles. The fourth-order valence-corrected chi connectivity index (χ4v) is 3.34. The molecule has 4 rings (SSSR count). The first-order valence-corrected chi connectivity index (χ1v) is 10.2. The lowest BCUT2D eigenvalue weighted by Crippen LogP contribution is -2.11. The Morgan fingerprint density at radius 3 is 2.48 bits per heavy atom. The summed E-state index contributed by atoms with van der Waals surface area (Å²) in [6.45, 7) is 1.81. The highest BCUT2D eigenvalue weighted by molar-refractivity contribution is 9.10. The molecule has 0 radical (unpaired) electrons. The van der Waals surface area contributed by atoms with Gasteiger partial charge in [0.15, 0.2) is 0 Å². The van der Waals surface area contributed by atoms with Crippen molar-refractivity contribution in [2.75, 3.05) is 13.2 Å². The molecular weight excluding hydrogens is 432 g/mol. The van der Waals surface area contributed by atoms with Gasteiger partial charge in [-0.15, -0.1) is 0 Å². The summed E-state index contributed by atoms with van der Waals surface area (Å²) >= 11 is 3.44. The van der Waals surface area contributed by atoms with Crippen LogP contribution in [-0.2, 0) is 11.3 Å². The standard InChI is InChI=1S/C22H21BrN4O2/c23-18-8-6-17(7-9-18)20-13-27-12-19(21(28)26-22(27)25-20)16-4-2-15(3-5-16)14-29-11-1-10-24/h2-9,12-13H,1,10-11,14,24H2,(H,25,26,28). The van der Waals surface area contributed by atoms with Crippen molar-refractivity contribution in [2.45, 2.75) is 13.0 Å². The monoisotopic (exact) mass is 452 g/mol. The van der Waals surface area contributed by atoms with Crippen LogP contribution in [0.1, 0.15) is 12.0 Å². The Bertz CT molecular complexity index is 1160. The van der Waals surface area contributed by atoms with Crippen molar-refractivity contribution in [2.24, 2.45) is 5.73 Å². The maximum Gasteiger partial charge on any atom is 0.260 e. The highest BCUT2D eigenvalue weighted by Crippen LogP contribution is 2.22. The van der Waals surface area contributed by atoms with Gasteiger partial charge in [-0.3, -0.25) is 14.2 Å². The average molecular weight is 453 g/mol. The number of nitrogens with zero attached hydrogens (tertiary/aromatic N) is 2. The van der Waals surface area contributed by atoms with Gasteiger partial charge in [0.05, 0.1) is 17.9 Å². The van der Waals surface area contributed by atoms with E-state index in [4.69, 9.17) is 10.5 Å². The summed E-state index contributed by atoms with van der Waals surface area (Å²) in [7, 11) is 0. The van der Waals surface area contributed by atoms with E-state index in [9.17, 15) is 4.79 Å². The fraction of sp³-hybridized carbons (Fsp3) is 0.182. The molecule has 2 heterocycles. The zero-order valence-electron chi connectivity index (χ0n) is 15.8. The predicted octanol–water partition coefficient (Wildman–Crippen LogP) is 3.98. The molecule has 6 nitrogen and oxygen atoms in total. The molecule has 0 aliphatic carbocycles. The van der Waals surface area contributed by atoms with Crippen LogP contribution in [0.25, 0.3) is 28.2 Å². The summed E-state index contributed by atoms with van der Waals surface area (Å²) in [4.78, 5) is 20.0. The van der Waals surface area contributed by atoms with Crippen LogP contribution in [0.3, 0.4) is 0 Å². The zero-order chi connectivity index (χ0) is 20.2. The Hall–Kier alpha value is -2.74. The van der Waals surface area contributed by atoms with E-state index < -0.39 is 0 Å². The van der Waals surface area contributed by atoms with Gasteiger partial charge in [-0.05, 0) is 36.2 Å². The molecule has 0 amide bonds. The first-order chi connectivity index (χ1) is 14.1. The molecule has 7 heteroatoms. The molecule has 0 saturated heterocycles. The number of imidazole rings is 1. The molecule has 0 aliphatic heterocycles. The van der Waals surface area contributed by atoms with Crippen LogP contribution in [0, 0.1) is 0 Å². The molecule has 29 heavy (non-hydrogen) atoms. The lowest BCUT2D eigenvalue weighted by molar-refractivity contribution is 0.120. The summed E-state index contributed by atoms with van der Waals surface area (Å²) in [6, 6.07) is 15.7. The second kappa shape index (κ2) is 8.73. The number of benzene rings is 2. The second-order valence-corrected chi connectivity index (χ2v) is 7.67. The molecule has 0 atom stereocenters. The minimum atomic E-state index is -0.169. The van der Waals surface area contributed by atoms with Gasteiger partial charge in [-0.1, -0.05) is 52.3 Å². The smallest absolute Gasteiger partial charge is 0.260 e. The number of halogens is 1. The van der Waals surface area contributed by atoms with Gasteiger partial charge in [0.2, 0.25) is 5.78 Å². The number of ether oxygens (including phenoxy) is 1. The van der Waals surface area contributed by atoms with Crippen molar-refractivity contribution in [1.29, 1.82) is 0 Å². The van der Waals surface area contributed by atoms with Gasteiger partial charge in [-0.25, -0.2) is 4.98 Å². The Morgan fingerprint density at radius 1 is 1.03 bits per heavy atom. The Labute approximate surface area is 176 Å². The summed E-state index contributed by atoms with van der Waals surface area (Å²) in [5.41, 5.74) is 9.58. The van der Waals surface area contributed by atoms with Crippen molar-refractivity contribution >= 4 is 21.7 Å². The zero-order valence-corrected chi connectivity index (χ0v) is 17.4. The molecule has 2 aromatic carbocycles. The summed E-state index contributed by atoms with van der Waals surface area (Å²) in [5.74, 6) is 0.515. The number of nitrogens with one attached hydrogen (secondary N) is 1. The van der Waals surface area contributed by atoms with Gasteiger partial charge >= 0.3 is 0 Å². The van der Waals surface area contributed by atoms with Crippen molar-refractivity contribution in [3.05, 3.63) is 81.3 Å². The lowest BCUT2D eigenvalue weighted by atomic mass is 10.1. The topological polar surface area (TPSA) is 85.4 Å². The van der Waals surface area contributed by atoms with Crippen LogP contribution in [0.4, 0.5) is 0 Å². The number of nitrogens with two attached hydrogens (primary N) is 1. The Balaban J connectivity index is 1.60. The van der Waals surface area contributed by atoms with E-state index in [0.717, 1.165) is 33.3 Å². The molecular formula is C22H21BrN4O2. The first kappa shape index (κ1) is 19.6. The molecule has 0 fully saturated rings. The molecule has 0 bridgehead atoms. The molecule has 0 aliphatic rings. The van der Waals surface area contributed by atoms with Gasteiger partial charge in [0.1, 0.15) is 0 Å². The summed E-state index contributed by atoms with van der Waals surface area (Å²) in [6.07, 6.45) is 4.58. The Kier molecular flexibility index (Phi) is 5.89. The van der Waals surface area contributed by atoms with Crippen molar-refractivity contribution in [3.63, 3.8) is 0 Å².